The molecule has 11 aromatic rings. The van der Waals surface area contributed by atoms with Gasteiger partial charge in [-0.15, -0.1) is 0 Å². The number of aromatic nitrogens is 2. The fourth-order valence-electron chi connectivity index (χ4n) is 7.82. The summed E-state index contributed by atoms with van der Waals surface area (Å²) < 4.78 is 17.3. The van der Waals surface area contributed by atoms with Gasteiger partial charge in [-0.25, -0.2) is 0 Å². The molecule has 4 aromatic heterocycles. The minimum atomic E-state index is 0.653. The number of rotatable bonds is 2. The molecule has 0 radical (unpaired) electrons. The summed E-state index contributed by atoms with van der Waals surface area (Å²) in [5.74, 6) is 0. The molecule has 0 saturated carbocycles. The van der Waals surface area contributed by atoms with E-state index in [9.17, 15) is 5.26 Å². The molecule has 5 nitrogen and oxygen atoms in total. The molecule has 0 amide bonds. The summed E-state index contributed by atoms with van der Waals surface area (Å²) in [7, 11) is 0. The first-order valence-electron chi connectivity index (χ1n) is 16.0. The van der Waals surface area contributed by atoms with E-state index in [1.54, 1.807) is 0 Å². The zero-order chi connectivity index (χ0) is 31.5. The second kappa shape index (κ2) is 9.16. The van der Waals surface area contributed by atoms with Crippen LogP contribution in [0.25, 0.3) is 98.9 Å². The number of hydrogen-bond donors (Lipinski definition) is 0. The third-order valence-electron chi connectivity index (χ3n) is 9.93. The Hall–Kier alpha value is -6.77. The summed E-state index contributed by atoms with van der Waals surface area (Å²) in [6, 6.07) is 50.7. The van der Waals surface area contributed by atoms with Crippen molar-refractivity contribution in [2.24, 2.45) is 0 Å². The molecule has 0 fully saturated rings. The van der Waals surface area contributed by atoms with Crippen LogP contribution >= 0.6 is 0 Å². The van der Waals surface area contributed by atoms with Gasteiger partial charge in [-0.05, 0) is 78.9 Å². The van der Waals surface area contributed by atoms with Gasteiger partial charge in [-0.2, -0.15) is 5.26 Å². The quantitative estimate of drug-likeness (QED) is 0.195. The largest absolute Gasteiger partial charge is 0.456 e. The fraction of sp³-hybridized carbons (Fsp3) is 0. The number of fused-ring (bicyclic) bond motifs is 12. The summed E-state index contributed by atoms with van der Waals surface area (Å²) >= 11 is 0. The van der Waals surface area contributed by atoms with E-state index in [4.69, 9.17) is 8.83 Å². The maximum absolute atomic E-state index is 9.60. The monoisotopic (exact) mass is 613 g/mol. The Labute approximate surface area is 272 Å². The maximum Gasteiger partial charge on any atom is 0.137 e. The summed E-state index contributed by atoms with van der Waals surface area (Å²) in [5, 5.41) is 18.5. The zero-order valence-corrected chi connectivity index (χ0v) is 25.4. The van der Waals surface area contributed by atoms with Gasteiger partial charge in [-0.1, -0.05) is 54.6 Å². The average molecular weight is 614 g/mol. The summed E-state index contributed by atoms with van der Waals surface area (Å²) in [6.45, 7) is 0. The molecule has 5 heteroatoms. The van der Waals surface area contributed by atoms with Gasteiger partial charge >= 0.3 is 0 Å². The lowest BCUT2D eigenvalue weighted by Gasteiger charge is -2.09. The highest BCUT2D eigenvalue weighted by Gasteiger charge is 2.19. The Morgan fingerprint density at radius 1 is 0.375 bits per heavy atom. The first-order chi connectivity index (χ1) is 23.7. The van der Waals surface area contributed by atoms with Crippen LogP contribution < -0.4 is 0 Å². The smallest absolute Gasteiger partial charge is 0.137 e. The van der Waals surface area contributed by atoms with Gasteiger partial charge in [0.1, 0.15) is 22.3 Å². The number of benzene rings is 7. The molecule has 0 unspecified atom stereocenters. The van der Waals surface area contributed by atoms with Crippen molar-refractivity contribution in [1.29, 1.82) is 5.26 Å². The Morgan fingerprint density at radius 3 is 1.58 bits per heavy atom. The first-order valence-corrected chi connectivity index (χ1v) is 16.0. The molecule has 0 bridgehead atoms. The summed E-state index contributed by atoms with van der Waals surface area (Å²) in [5.41, 5.74) is 10.6. The minimum absolute atomic E-state index is 0.653. The van der Waals surface area contributed by atoms with Gasteiger partial charge in [0.05, 0.1) is 33.7 Å². The van der Waals surface area contributed by atoms with Crippen LogP contribution in [0.3, 0.4) is 0 Å². The predicted octanol–water partition coefficient (Wildman–Crippen LogP) is 11.6. The number of hydrogen-bond acceptors (Lipinski definition) is 3. The summed E-state index contributed by atoms with van der Waals surface area (Å²) in [6.07, 6.45) is 0. The van der Waals surface area contributed by atoms with E-state index in [1.165, 1.54) is 10.8 Å². The van der Waals surface area contributed by atoms with Gasteiger partial charge in [0.25, 0.3) is 0 Å². The van der Waals surface area contributed by atoms with Gasteiger partial charge < -0.3 is 18.0 Å². The van der Waals surface area contributed by atoms with Gasteiger partial charge in [0.2, 0.25) is 0 Å². The minimum Gasteiger partial charge on any atom is -0.456 e. The van der Waals surface area contributed by atoms with Crippen LogP contribution in [0.5, 0.6) is 0 Å². The van der Waals surface area contributed by atoms with Crippen LogP contribution in [0.1, 0.15) is 5.56 Å². The van der Waals surface area contributed by atoms with E-state index < -0.39 is 0 Å². The second-order valence-electron chi connectivity index (χ2n) is 12.5. The maximum atomic E-state index is 9.60. The third-order valence-corrected chi connectivity index (χ3v) is 9.93. The highest BCUT2D eigenvalue weighted by Crippen LogP contribution is 2.40. The lowest BCUT2D eigenvalue weighted by atomic mass is 10.1. The van der Waals surface area contributed by atoms with E-state index >= 15 is 0 Å². The van der Waals surface area contributed by atoms with Gasteiger partial charge in [0, 0.05) is 60.5 Å². The number of furan rings is 2. The second-order valence-corrected chi connectivity index (χ2v) is 12.5. The van der Waals surface area contributed by atoms with Crippen molar-refractivity contribution in [3.8, 4) is 17.4 Å². The van der Waals surface area contributed by atoms with E-state index in [2.05, 4.69) is 118 Å². The van der Waals surface area contributed by atoms with Gasteiger partial charge in [0.15, 0.2) is 0 Å². The molecular formula is C43H23N3O2. The summed E-state index contributed by atoms with van der Waals surface area (Å²) in [4.78, 5) is 0. The van der Waals surface area contributed by atoms with E-state index in [0.29, 0.717) is 5.56 Å². The Kier molecular flexibility index (Phi) is 4.85. The van der Waals surface area contributed by atoms with Crippen molar-refractivity contribution >= 4 is 87.5 Å². The highest BCUT2D eigenvalue weighted by atomic mass is 16.3. The molecule has 4 heterocycles. The Morgan fingerprint density at radius 2 is 0.896 bits per heavy atom. The van der Waals surface area contributed by atoms with E-state index in [-0.39, 0.29) is 0 Å². The molecule has 0 N–H and O–H groups in total. The van der Waals surface area contributed by atoms with Crippen LogP contribution in [0, 0.1) is 11.3 Å². The molecule has 0 aliphatic carbocycles. The molecule has 222 valence electrons. The highest BCUT2D eigenvalue weighted by molar-refractivity contribution is 6.18. The number of para-hydroxylation sites is 3. The molecule has 0 atom stereocenters. The molecule has 0 saturated heterocycles. The topological polar surface area (TPSA) is 59.9 Å². The van der Waals surface area contributed by atoms with Gasteiger partial charge in [-0.3, -0.25) is 0 Å². The van der Waals surface area contributed by atoms with Crippen LogP contribution in [0.15, 0.2) is 148 Å². The molecule has 7 aromatic carbocycles. The van der Waals surface area contributed by atoms with Crippen molar-refractivity contribution in [1.82, 2.24) is 9.13 Å². The predicted molar refractivity (Wildman–Crippen MR) is 194 cm³/mol. The van der Waals surface area contributed by atoms with Crippen LogP contribution in [-0.2, 0) is 0 Å². The normalized spacial score (nSPS) is 12.1. The van der Waals surface area contributed by atoms with Crippen molar-refractivity contribution in [3.05, 3.63) is 145 Å². The molecular weight excluding hydrogens is 590 g/mol. The van der Waals surface area contributed by atoms with Crippen molar-refractivity contribution in [2.45, 2.75) is 0 Å². The molecule has 0 spiro atoms. The third kappa shape index (κ3) is 3.33. The van der Waals surface area contributed by atoms with E-state index in [0.717, 1.165) is 88.1 Å². The lowest BCUT2D eigenvalue weighted by Crippen LogP contribution is -1.94. The van der Waals surface area contributed by atoms with Crippen molar-refractivity contribution in [2.75, 3.05) is 0 Å². The zero-order valence-electron chi connectivity index (χ0n) is 25.4. The fourth-order valence-corrected chi connectivity index (χ4v) is 7.82. The Bertz CT molecular complexity index is 3200. The standard InChI is InChI=1S/C43H23N3O2/c44-24-25-13-16-38-31(19-25)28-7-1-4-10-36(28)45(38)26-14-17-41-33(20-26)34-21-27(15-18-42(34)47-41)46-37-11-5-2-8-29(37)32-22-35-30-9-3-6-12-40(30)48-43(35)23-39(32)46/h1-23H. The molecule has 0 aliphatic heterocycles. The van der Waals surface area contributed by atoms with Crippen LogP contribution in [-0.4, -0.2) is 9.13 Å². The first kappa shape index (κ1) is 25.4. The van der Waals surface area contributed by atoms with Crippen LogP contribution in [0.4, 0.5) is 0 Å². The SMILES string of the molecule is N#Cc1ccc2c(c1)c1ccccc1n2-c1ccc2oc3ccc(-n4c5ccccc5c5cc6c(cc54)oc4ccccc46)cc3c2c1. The average Bonchev–Trinajstić information content (AvgIpc) is 3.87. The van der Waals surface area contributed by atoms with E-state index in [1.807, 2.05) is 36.4 Å². The van der Waals surface area contributed by atoms with Crippen LogP contribution in [0.2, 0.25) is 0 Å². The number of nitrogens with zero attached hydrogens (tertiary/aromatic N) is 3. The molecule has 11 rings (SSSR count). The molecule has 0 aliphatic rings. The molecule has 48 heavy (non-hydrogen) atoms. The van der Waals surface area contributed by atoms with Crippen molar-refractivity contribution < 1.29 is 8.83 Å². The number of nitriles is 1. The lowest BCUT2D eigenvalue weighted by molar-refractivity contribution is 0.668. The Balaban J connectivity index is 1.17. The van der Waals surface area contributed by atoms with Crippen molar-refractivity contribution in [3.63, 3.8) is 0 Å².